The van der Waals surface area contributed by atoms with Crippen molar-refractivity contribution in [3.63, 3.8) is 0 Å². The van der Waals surface area contributed by atoms with E-state index in [1.807, 2.05) is 22.7 Å². The first-order valence-corrected chi connectivity index (χ1v) is 17.3. The molecule has 0 aliphatic carbocycles. The molecule has 0 radical (unpaired) electrons. The number of thiophene rings is 2. The van der Waals surface area contributed by atoms with Crippen molar-refractivity contribution in [1.29, 1.82) is 0 Å². The van der Waals surface area contributed by atoms with Crippen LogP contribution in [0.1, 0.15) is 0 Å². The zero-order valence-electron chi connectivity index (χ0n) is 24.8. The van der Waals surface area contributed by atoms with Crippen LogP contribution in [0.2, 0.25) is 0 Å². The van der Waals surface area contributed by atoms with Crippen molar-refractivity contribution in [3.8, 4) is 33.4 Å². The summed E-state index contributed by atoms with van der Waals surface area (Å²) in [6, 6.07) is 58.4. The van der Waals surface area contributed by atoms with Gasteiger partial charge in [-0.1, -0.05) is 121 Å². The summed E-state index contributed by atoms with van der Waals surface area (Å²) in [4.78, 5) is 0. The number of rotatable bonds is 3. The van der Waals surface area contributed by atoms with Crippen LogP contribution in [0, 0.1) is 0 Å². The van der Waals surface area contributed by atoms with Gasteiger partial charge in [0.15, 0.2) is 0 Å². The Morgan fingerprint density at radius 2 is 0.717 bits per heavy atom. The molecule has 10 rings (SSSR count). The smallest absolute Gasteiger partial charge is 0.0369 e. The SMILES string of the molecule is c1ccc(-c2c3ccccc3c(-c3cccc(-c4ccc5sc6cc7sc8ccccc8c7cc6c5c4)c3)c3ccccc23)cc1. The first-order valence-electron chi connectivity index (χ1n) is 15.7. The third-order valence-corrected chi connectivity index (χ3v) is 11.7. The van der Waals surface area contributed by atoms with Gasteiger partial charge < -0.3 is 0 Å². The van der Waals surface area contributed by atoms with Crippen molar-refractivity contribution in [2.45, 2.75) is 0 Å². The molecule has 10 aromatic rings. The molecule has 0 unspecified atom stereocenters. The summed E-state index contributed by atoms with van der Waals surface area (Å²) in [5.41, 5.74) is 7.57. The van der Waals surface area contributed by atoms with E-state index in [0.29, 0.717) is 0 Å². The van der Waals surface area contributed by atoms with E-state index in [-0.39, 0.29) is 0 Å². The Hall–Kier alpha value is -5.28. The fourth-order valence-electron chi connectivity index (χ4n) is 7.38. The Morgan fingerprint density at radius 1 is 0.239 bits per heavy atom. The molecule has 0 atom stereocenters. The highest BCUT2D eigenvalue weighted by Gasteiger charge is 2.17. The van der Waals surface area contributed by atoms with Gasteiger partial charge in [-0.3, -0.25) is 0 Å². The van der Waals surface area contributed by atoms with E-state index in [4.69, 9.17) is 0 Å². The van der Waals surface area contributed by atoms with Crippen LogP contribution in [0.5, 0.6) is 0 Å². The zero-order valence-corrected chi connectivity index (χ0v) is 26.5. The Morgan fingerprint density at radius 3 is 1.41 bits per heavy atom. The van der Waals surface area contributed by atoms with Gasteiger partial charge in [-0.05, 0) is 91.3 Å². The average molecular weight is 619 g/mol. The lowest BCUT2D eigenvalue weighted by Crippen LogP contribution is -1.91. The summed E-state index contributed by atoms with van der Waals surface area (Å²) in [5.74, 6) is 0. The second-order valence-corrected chi connectivity index (χ2v) is 14.2. The predicted octanol–water partition coefficient (Wildman–Crippen LogP) is 13.7. The van der Waals surface area contributed by atoms with E-state index in [2.05, 4.69) is 158 Å². The Kier molecular flexibility index (Phi) is 5.72. The van der Waals surface area contributed by atoms with Gasteiger partial charge in [0.1, 0.15) is 0 Å². The van der Waals surface area contributed by atoms with Crippen molar-refractivity contribution in [3.05, 3.63) is 158 Å². The van der Waals surface area contributed by atoms with E-state index < -0.39 is 0 Å². The largest absolute Gasteiger partial charge is 0.135 e. The molecule has 0 saturated heterocycles. The number of benzene rings is 8. The molecular formula is C44H26S2. The zero-order chi connectivity index (χ0) is 30.2. The normalized spacial score (nSPS) is 11.9. The molecular weight excluding hydrogens is 593 g/mol. The number of hydrogen-bond acceptors (Lipinski definition) is 2. The second-order valence-electron chi connectivity index (χ2n) is 12.0. The van der Waals surface area contributed by atoms with Crippen LogP contribution in [0.15, 0.2) is 158 Å². The van der Waals surface area contributed by atoms with E-state index in [1.165, 1.54) is 95.3 Å². The molecule has 2 aromatic heterocycles. The molecule has 46 heavy (non-hydrogen) atoms. The highest BCUT2D eigenvalue weighted by atomic mass is 32.1. The maximum absolute atomic E-state index is 2.43. The minimum atomic E-state index is 1.24. The molecule has 0 saturated carbocycles. The van der Waals surface area contributed by atoms with Gasteiger partial charge >= 0.3 is 0 Å². The summed E-state index contributed by atoms with van der Waals surface area (Å²) >= 11 is 3.79. The highest BCUT2D eigenvalue weighted by molar-refractivity contribution is 7.28. The Bertz CT molecular complexity index is 2740. The average Bonchev–Trinajstić information content (AvgIpc) is 3.66. The lowest BCUT2D eigenvalue weighted by Gasteiger charge is -2.18. The summed E-state index contributed by atoms with van der Waals surface area (Å²) in [7, 11) is 0. The van der Waals surface area contributed by atoms with Crippen molar-refractivity contribution in [1.82, 2.24) is 0 Å². The van der Waals surface area contributed by atoms with Crippen LogP contribution in [0.4, 0.5) is 0 Å². The fraction of sp³-hybridized carbons (Fsp3) is 0. The lowest BCUT2D eigenvalue weighted by molar-refractivity contribution is 1.63. The van der Waals surface area contributed by atoms with Gasteiger partial charge in [0, 0.05) is 40.3 Å². The molecule has 0 aliphatic heterocycles. The van der Waals surface area contributed by atoms with Crippen LogP contribution in [0.25, 0.3) is 95.3 Å². The van der Waals surface area contributed by atoms with Gasteiger partial charge in [-0.25, -0.2) is 0 Å². The molecule has 0 nitrogen and oxygen atoms in total. The molecule has 0 amide bonds. The number of hydrogen-bond donors (Lipinski definition) is 0. The Labute approximate surface area is 274 Å². The van der Waals surface area contributed by atoms with Gasteiger partial charge in [0.05, 0.1) is 0 Å². The monoisotopic (exact) mass is 618 g/mol. The third kappa shape index (κ3) is 3.91. The number of fused-ring (bicyclic) bond motifs is 8. The Balaban J connectivity index is 1.18. The van der Waals surface area contributed by atoms with Gasteiger partial charge in [0.25, 0.3) is 0 Å². The van der Waals surface area contributed by atoms with Gasteiger partial charge in [-0.2, -0.15) is 0 Å². The molecule has 0 fully saturated rings. The standard InChI is InChI=1S/C44H26S2/c1-2-11-27(12-3-1)43-32-16-4-6-18-34(32)44(35-19-7-5-17-33(35)43)30-14-10-13-28(23-30)29-21-22-40-36(24-29)38-25-37-31-15-8-9-20-39(31)45-41(37)26-42(38)46-40/h1-26H. The maximum atomic E-state index is 2.43. The van der Waals surface area contributed by atoms with E-state index in [0.717, 1.165) is 0 Å². The first-order chi connectivity index (χ1) is 22.8. The lowest BCUT2D eigenvalue weighted by atomic mass is 9.85. The first kappa shape index (κ1) is 26.0. The molecule has 0 bridgehead atoms. The minimum absolute atomic E-state index is 1.24. The summed E-state index contributed by atoms with van der Waals surface area (Å²) in [6.45, 7) is 0. The van der Waals surface area contributed by atoms with Crippen LogP contribution in [-0.2, 0) is 0 Å². The van der Waals surface area contributed by atoms with Crippen LogP contribution in [0.3, 0.4) is 0 Å². The van der Waals surface area contributed by atoms with Gasteiger partial charge in [0.2, 0.25) is 0 Å². The van der Waals surface area contributed by atoms with Crippen molar-refractivity contribution in [2.75, 3.05) is 0 Å². The maximum Gasteiger partial charge on any atom is 0.0369 e. The highest BCUT2D eigenvalue weighted by Crippen LogP contribution is 2.45. The summed E-state index contributed by atoms with van der Waals surface area (Å²) in [5, 5.41) is 10.5. The molecule has 0 spiro atoms. The molecule has 214 valence electrons. The van der Waals surface area contributed by atoms with Crippen molar-refractivity contribution in [2.24, 2.45) is 0 Å². The summed E-state index contributed by atoms with van der Waals surface area (Å²) < 4.78 is 5.42. The minimum Gasteiger partial charge on any atom is -0.135 e. The van der Waals surface area contributed by atoms with E-state index in [9.17, 15) is 0 Å². The molecule has 2 heteroatoms. The van der Waals surface area contributed by atoms with Crippen molar-refractivity contribution >= 4 is 84.6 Å². The van der Waals surface area contributed by atoms with Crippen LogP contribution >= 0.6 is 22.7 Å². The quantitative estimate of drug-likeness (QED) is 0.173. The van der Waals surface area contributed by atoms with Crippen LogP contribution < -0.4 is 0 Å². The van der Waals surface area contributed by atoms with E-state index >= 15 is 0 Å². The van der Waals surface area contributed by atoms with Gasteiger partial charge in [-0.15, -0.1) is 22.7 Å². The topological polar surface area (TPSA) is 0 Å². The molecule has 8 aromatic carbocycles. The second kappa shape index (κ2) is 10.1. The van der Waals surface area contributed by atoms with Crippen LogP contribution in [-0.4, -0.2) is 0 Å². The molecule has 0 aliphatic rings. The predicted molar refractivity (Wildman–Crippen MR) is 204 cm³/mol. The fourth-order valence-corrected chi connectivity index (χ4v) is 9.69. The van der Waals surface area contributed by atoms with E-state index in [1.54, 1.807) is 0 Å². The third-order valence-electron chi connectivity index (χ3n) is 9.45. The molecule has 2 heterocycles. The van der Waals surface area contributed by atoms with Crippen molar-refractivity contribution < 1.29 is 0 Å². The summed E-state index contributed by atoms with van der Waals surface area (Å²) in [6.07, 6.45) is 0. The molecule has 0 N–H and O–H groups in total.